The van der Waals surface area contributed by atoms with Crippen LogP contribution < -0.4 is 10.0 Å². The van der Waals surface area contributed by atoms with Crippen molar-refractivity contribution in [1.82, 2.24) is 18.8 Å². The number of carbonyl (C=O) groups is 2. The fourth-order valence-corrected chi connectivity index (χ4v) is 5.74. The van der Waals surface area contributed by atoms with Crippen molar-refractivity contribution in [3.05, 3.63) is 18.2 Å². The Hall–Kier alpha value is -1.76. The first-order valence-electron chi connectivity index (χ1n) is 9.59. The third kappa shape index (κ3) is 5.90. The number of esters is 1. The molecule has 1 aromatic carbocycles. The number of benzene rings is 1. The Balaban J connectivity index is 1.66. The summed E-state index contributed by atoms with van der Waals surface area (Å²) in [7, 11) is -4.05. The van der Waals surface area contributed by atoms with Gasteiger partial charge in [0.1, 0.15) is 22.0 Å². The summed E-state index contributed by atoms with van der Waals surface area (Å²) in [6.07, 6.45) is 6.08. The van der Waals surface area contributed by atoms with E-state index in [-0.39, 0.29) is 28.8 Å². The quantitative estimate of drug-likeness (QED) is 0.500. The number of amides is 1. The topological polar surface area (TPSA) is 127 Å². The molecular weight excluding hydrogens is 448 g/mol. The van der Waals surface area contributed by atoms with Crippen LogP contribution in [0.4, 0.5) is 0 Å². The first kappa shape index (κ1) is 22.9. The van der Waals surface area contributed by atoms with Crippen LogP contribution >= 0.6 is 23.5 Å². The Morgan fingerprint density at radius 1 is 1.30 bits per heavy atom. The average Bonchev–Trinajstić information content (AvgIpc) is 3.40. The summed E-state index contributed by atoms with van der Waals surface area (Å²) >= 11 is 2.39. The van der Waals surface area contributed by atoms with E-state index in [0.717, 1.165) is 37.4 Å². The van der Waals surface area contributed by atoms with Gasteiger partial charge in [0.15, 0.2) is 6.61 Å². The van der Waals surface area contributed by atoms with Crippen LogP contribution in [0.25, 0.3) is 11.0 Å². The summed E-state index contributed by atoms with van der Waals surface area (Å²) in [5, 5.41) is 2.83. The van der Waals surface area contributed by atoms with E-state index in [9.17, 15) is 18.0 Å². The van der Waals surface area contributed by atoms with Crippen LogP contribution in [-0.4, -0.2) is 59.7 Å². The van der Waals surface area contributed by atoms with E-state index in [1.807, 2.05) is 6.26 Å². The molecule has 1 aliphatic carbocycles. The molecule has 164 valence electrons. The average molecular weight is 473 g/mol. The number of nitrogens with one attached hydrogen (secondary N) is 2. The zero-order chi connectivity index (χ0) is 21.6. The Morgan fingerprint density at radius 2 is 2.07 bits per heavy atom. The molecule has 0 saturated heterocycles. The maximum atomic E-state index is 12.9. The molecule has 0 radical (unpaired) electrons. The molecule has 1 unspecified atom stereocenters. The first-order chi connectivity index (χ1) is 14.4. The number of sulfonamides is 1. The zero-order valence-electron chi connectivity index (χ0n) is 16.5. The van der Waals surface area contributed by atoms with Gasteiger partial charge in [-0.25, -0.2) is 8.42 Å². The van der Waals surface area contributed by atoms with Gasteiger partial charge >= 0.3 is 5.97 Å². The Bertz CT molecular complexity index is 989. The van der Waals surface area contributed by atoms with Crippen molar-refractivity contribution in [1.29, 1.82) is 0 Å². The van der Waals surface area contributed by atoms with E-state index in [1.54, 1.807) is 12.1 Å². The number of aromatic nitrogens is 2. The molecule has 0 aliphatic heterocycles. The Morgan fingerprint density at radius 3 is 2.80 bits per heavy atom. The van der Waals surface area contributed by atoms with Gasteiger partial charge in [0.25, 0.3) is 5.91 Å². The molecule has 2 aromatic rings. The predicted octanol–water partition coefficient (Wildman–Crippen LogP) is 1.69. The van der Waals surface area contributed by atoms with Crippen molar-refractivity contribution in [3.63, 3.8) is 0 Å². The SMILES string of the molecule is CSCCC(NS(=O)(=O)c1cccc2nsnc12)C(=O)OCC(=O)NC1CCCC1. The summed E-state index contributed by atoms with van der Waals surface area (Å²) < 4.78 is 41.5. The van der Waals surface area contributed by atoms with E-state index in [0.29, 0.717) is 11.3 Å². The third-order valence-electron chi connectivity index (χ3n) is 4.80. The second kappa shape index (κ2) is 10.5. The minimum atomic E-state index is -4.05. The molecule has 1 atom stereocenters. The van der Waals surface area contributed by atoms with Crippen LogP contribution in [0.15, 0.2) is 23.1 Å². The maximum absolute atomic E-state index is 12.9. The van der Waals surface area contributed by atoms with E-state index >= 15 is 0 Å². The first-order valence-corrected chi connectivity index (χ1v) is 13.2. The molecule has 9 nitrogen and oxygen atoms in total. The van der Waals surface area contributed by atoms with Crippen LogP contribution in [-0.2, 0) is 24.3 Å². The molecule has 1 fully saturated rings. The highest BCUT2D eigenvalue weighted by Crippen LogP contribution is 2.22. The third-order valence-corrected chi connectivity index (χ3v) is 7.49. The lowest BCUT2D eigenvalue weighted by Gasteiger charge is -2.18. The predicted molar refractivity (Wildman–Crippen MR) is 116 cm³/mol. The number of rotatable bonds is 10. The number of hydrogen-bond acceptors (Lipinski definition) is 9. The van der Waals surface area contributed by atoms with Gasteiger partial charge in [-0.3, -0.25) is 9.59 Å². The fourth-order valence-electron chi connectivity index (χ4n) is 3.29. The van der Waals surface area contributed by atoms with E-state index < -0.39 is 28.6 Å². The van der Waals surface area contributed by atoms with Gasteiger partial charge in [-0.05, 0) is 43.4 Å². The Kier molecular flexibility index (Phi) is 8.03. The molecule has 1 aliphatic rings. The monoisotopic (exact) mass is 472 g/mol. The van der Waals surface area contributed by atoms with Gasteiger partial charge in [0.2, 0.25) is 10.0 Å². The molecule has 1 aromatic heterocycles. The highest BCUT2D eigenvalue weighted by atomic mass is 32.2. The van der Waals surface area contributed by atoms with Crippen molar-refractivity contribution in [3.8, 4) is 0 Å². The summed E-state index contributed by atoms with van der Waals surface area (Å²) in [6, 6.07) is 3.66. The normalized spacial score (nSPS) is 15.9. The number of ether oxygens (including phenoxy) is 1. The van der Waals surface area contributed by atoms with Gasteiger partial charge in [-0.15, -0.1) is 0 Å². The molecule has 0 spiro atoms. The summed E-state index contributed by atoms with van der Waals surface area (Å²) in [6.45, 7) is -0.432. The second-order valence-corrected chi connectivity index (χ2v) is 10.2. The van der Waals surface area contributed by atoms with Crippen molar-refractivity contribution in [2.75, 3.05) is 18.6 Å². The summed E-state index contributed by atoms with van der Waals surface area (Å²) in [4.78, 5) is 24.5. The van der Waals surface area contributed by atoms with Crippen LogP contribution in [0, 0.1) is 0 Å². The number of carbonyl (C=O) groups excluding carboxylic acids is 2. The zero-order valence-corrected chi connectivity index (χ0v) is 18.9. The number of thioether (sulfide) groups is 1. The van der Waals surface area contributed by atoms with E-state index in [2.05, 4.69) is 18.8 Å². The van der Waals surface area contributed by atoms with Crippen LogP contribution in [0.2, 0.25) is 0 Å². The molecule has 2 N–H and O–H groups in total. The minimum Gasteiger partial charge on any atom is -0.454 e. The highest BCUT2D eigenvalue weighted by Gasteiger charge is 2.29. The number of fused-ring (bicyclic) bond motifs is 1. The molecule has 1 heterocycles. The van der Waals surface area contributed by atoms with E-state index in [4.69, 9.17) is 4.74 Å². The molecule has 1 saturated carbocycles. The second-order valence-electron chi connectivity index (χ2n) is 7.00. The van der Waals surface area contributed by atoms with Crippen LogP contribution in [0.1, 0.15) is 32.1 Å². The lowest BCUT2D eigenvalue weighted by atomic mass is 10.2. The standard InChI is InChI=1S/C18H24N4O5S3/c1-28-10-9-14(18(24)27-11-16(23)19-12-5-2-3-6-12)22-30(25,26)15-8-4-7-13-17(15)21-29-20-13/h4,7-8,12,14,22H,2-3,5-6,9-11H2,1H3,(H,19,23). The van der Waals surface area contributed by atoms with Crippen molar-refractivity contribution in [2.24, 2.45) is 0 Å². The lowest BCUT2D eigenvalue weighted by molar-refractivity contribution is -0.150. The van der Waals surface area contributed by atoms with Gasteiger partial charge in [-0.1, -0.05) is 18.9 Å². The van der Waals surface area contributed by atoms with Gasteiger partial charge in [0.05, 0.1) is 11.7 Å². The van der Waals surface area contributed by atoms with Crippen LogP contribution in [0.3, 0.4) is 0 Å². The molecule has 0 bridgehead atoms. The molecule has 1 amide bonds. The molecule has 3 rings (SSSR count). The summed E-state index contributed by atoms with van der Waals surface area (Å²) in [5.74, 6) is -0.614. The Labute approximate surface area is 183 Å². The maximum Gasteiger partial charge on any atom is 0.324 e. The minimum absolute atomic E-state index is 0.0466. The number of nitrogens with zero attached hydrogens (tertiary/aromatic N) is 2. The lowest BCUT2D eigenvalue weighted by Crippen LogP contribution is -2.44. The number of hydrogen-bond donors (Lipinski definition) is 2. The largest absolute Gasteiger partial charge is 0.454 e. The van der Waals surface area contributed by atoms with Crippen molar-refractivity contribution >= 4 is 56.4 Å². The molecular formula is C18H24N4O5S3. The van der Waals surface area contributed by atoms with Crippen molar-refractivity contribution < 1.29 is 22.7 Å². The van der Waals surface area contributed by atoms with Crippen molar-refractivity contribution in [2.45, 2.75) is 49.1 Å². The highest BCUT2D eigenvalue weighted by molar-refractivity contribution is 7.98. The van der Waals surface area contributed by atoms with Gasteiger partial charge < -0.3 is 10.1 Å². The summed E-state index contributed by atoms with van der Waals surface area (Å²) in [5.41, 5.74) is 0.720. The van der Waals surface area contributed by atoms with Gasteiger partial charge in [-0.2, -0.15) is 25.2 Å². The molecule has 12 heteroatoms. The fraction of sp³-hybridized carbons (Fsp3) is 0.556. The van der Waals surface area contributed by atoms with E-state index in [1.165, 1.54) is 17.8 Å². The van der Waals surface area contributed by atoms with Crippen LogP contribution in [0.5, 0.6) is 0 Å². The smallest absolute Gasteiger partial charge is 0.324 e. The molecule has 30 heavy (non-hydrogen) atoms. The van der Waals surface area contributed by atoms with Gasteiger partial charge in [0, 0.05) is 6.04 Å².